The average Bonchev–Trinajstić information content (AvgIpc) is 3.19. The molecule has 1 aliphatic carbocycles. The largest absolute Gasteiger partial charge is 0.338 e. The highest BCUT2D eigenvalue weighted by molar-refractivity contribution is 6.04. The third-order valence-electron chi connectivity index (χ3n) is 6.27. The Morgan fingerprint density at radius 3 is 2.52 bits per heavy atom. The van der Waals surface area contributed by atoms with Crippen molar-refractivity contribution in [2.45, 2.75) is 19.3 Å². The lowest BCUT2D eigenvalue weighted by atomic mass is 9.80. The summed E-state index contributed by atoms with van der Waals surface area (Å²) in [6.45, 7) is 4.63. The number of anilines is 2. The van der Waals surface area contributed by atoms with E-state index < -0.39 is 0 Å². The summed E-state index contributed by atoms with van der Waals surface area (Å²) in [7, 11) is 2.15. The maximum absolute atomic E-state index is 4.74. The van der Waals surface area contributed by atoms with E-state index in [0.29, 0.717) is 17.7 Å². The number of hydrogen-bond donors (Lipinski definition) is 1. The predicted octanol–water partition coefficient (Wildman–Crippen LogP) is 3.34. The van der Waals surface area contributed by atoms with Crippen LogP contribution in [0.4, 0.5) is 11.9 Å². The zero-order valence-corrected chi connectivity index (χ0v) is 18.0. The molecule has 0 amide bonds. The van der Waals surface area contributed by atoms with Crippen LogP contribution in [-0.2, 0) is 0 Å². The van der Waals surface area contributed by atoms with Crippen molar-refractivity contribution >= 4 is 29.9 Å². The van der Waals surface area contributed by atoms with Gasteiger partial charge in [0.1, 0.15) is 5.84 Å². The van der Waals surface area contributed by atoms with Crippen molar-refractivity contribution in [2.75, 3.05) is 50.0 Å². The second-order valence-electron chi connectivity index (χ2n) is 8.53. The van der Waals surface area contributed by atoms with E-state index in [-0.39, 0.29) is 0 Å². The molecule has 31 heavy (non-hydrogen) atoms. The summed E-state index contributed by atoms with van der Waals surface area (Å²) in [5, 5.41) is 3.34. The average molecular weight is 416 g/mol. The summed E-state index contributed by atoms with van der Waals surface area (Å²) in [5.74, 6) is 3.50. The summed E-state index contributed by atoms with van der Waals surface area (Å²) < 4.78 is 0. The summed E-state index contributed by atoms with van der Waals surface area (Å²) in [5.41, 5.74) is 2.55. The molecule has 7 heteroatoms. The molecular weight excluding hydrogens is 386 g/mol. The van der Waals surface area contributed by atoms with Gasteiger partial charge in [0.15, 0.2) is 5.82 Å². The fourth-order valence-electron chi connectivity index (χ4n) is 4.05. The summed E-state index contributed by atoms with van der Waals surface area (Å²) in [6.07, 6.45) is 10.1. The lowest BCUT2D eigenvalue weighted by molar-refractivity contribution is 0.311. The maximum Gasteiger partial charge on any atom is 0.233 e. The fraction of sp³-hybridized carbons (Fsp3) is 0.417. The van der Waals surface area contributed by atoms with Gasteiger partial charge in [-0.05, 0) is 49.1 Å². The number of aliphatic imine (C=N–C) groups is 1. The molecular formula is C24H29N7. The van der Waals surface area contributed by atoms with Crippen LogP contribution in [-0.4, -0.2) is 65.5 Å². The molecule has 0 bridgehead atoms. The Morgan fingerprint density at radius 2 is 1.77 bits per heavy atom. The topological polar surface area (TPSA) is 69.5 Å². The summed E-state index contributed by atoms with van der Waals surface area (Å²) >= 11 is 0. The van der Waals surface area contributed by atoms with E-state index in [0.717, 1.165) is 50.1 Å². The van der Waals surface area contributed by atoms with Gasteiger partial charge in [0.05, 0.1) is 6.54 Å². The molecule has 0 spiro atoms. The number of benzene rings is 1. The Morgan fingerprint density at radius 1 is 0.968 bits per heavy atom. The van der Waals surface area contributed by atoms with Crippen LogP contribution in [0.3, 0.4) is 0 Å². The maximum atomic E-state index is 4.74. The minimum absolute atomic E-state index is 0.557. The normalized spacial score (nSPS) is 20.0. The third-order valence-corrected chi connectivity index (χ3v) is 6.27. The number of likely N-dealkylation sites (N-methyl/N-ethyl adjacent to an activating group) is 1. The van der Waals surface area contributed by atoms with Gasteiger partial charge in [-0.3, -0.25) is 4.99 Å². The van der Waals surface area contributed by atoms with E-state index in [1.807, 2.05) is 30.4 Å². The number of nitrogens with zero attached hydrogens (tertiary/aromatic N) is 6. The molecule has 0 radical (unpaired) electrons. The van der Waals surface area contributed by atoms with Crippen LogP contribution in [0.25, 0.3) is 12.2 Å². The van der Waals surface area contributed by atoms with E-state index >= 15 is 0 Å². The zero-order valence-electron chi connectivity index (χ0n) is 18.0. The first kappa shape index (κ1) is 19.9. The number of rotatable bonds is 5. The molecule has 1 aromatic heterocycles. The molecule has 1 saturated carbocycles. The molecule has 3 heterocycles. The third kappa shape index (κ3) is 4.82. The van der Waals surface area contributed by atoms with Crippen LogP contribution in [0.15, 0.2) is 47.0 Å². The molecule has 0 unspecified atom stereocenters. The summed E-state index contributed by atoms with van der Waals surface area (Å²) in [4.78, 5) is 23.4. The monoisotopic (exact) mass is 415 g/mol. The van der Waals surface area contributed by atoms with Crippen LogP contribution >= 0.6 is 0 Å². The molecule has 7 nitrogen and oxygen atoms in total. The molecule has 3 aliphatic rings. The van der Waals surface area contributed by atoms with Gasteiger partial charge >= 0.3 is 0 Å². The van der Waals surface area contributed by atoms with E-state index in [4.69, 9.17) is 9.97 Å². The first-order chi connectivity index (χ1) is 15.2. The van der Waals surface area contributed by atoms with Crippen molar-refractivity contribution < 1.29 is 0 Å². The van der Waals surface area contributed by atoms with Crippen molar-refractivity contribution in [3.05, 3.63) is 53.4 Å². The lowest BCUT2D eigenvalue weighted by Gasteiger charge is -2.32. The molecule has 1 saturated heterocycles. The molecule has 2 aliphatic heterocycles. The van der Waals surface area contributed by atoms with Crippen LogP contribution in [0.2, 0.25) is 0 Å². The molecule has 2 fully saturated rings. The van der Waals surface area contributed by atoms with Crippen molar-refractivity contribution in [1.29, 1.82) is 0 Å². The predicted molar refractivity (Wildman–Crippen MR) is 126 cm³/mol. The molecule has 1 N–H and O–H groups in total. The Hall–Kier alpha value is -3.06. The summed E-state index contributed by atoms with van der Waals surface area (Å²) in [6, 6.07) is 10.2. The molecule has 160 valence electrons. The Labute approximate surface area is 183 Å². The standard InChI is InChI=1S/C24H29N7/c1-30-12-14-31(15-13-30)24-28-21(11-10-18-6-3-2-4-7-18)26-23(29-24)27-22-16-20(17-25-22)19-8-5-9-19/h2-4,6-7,10-11,16,19H,5,8-9,12-15,17H2,1H3,(H,25,26,27,28,29)/b11-10+. The quantitative estimate of drug-likeness (QED) is 0.808. The van der Waals surface area contributed by atoms with Gasteiger partial charge in [-0.25, -0.2) is 0 Å². The minimum atomic E-state index is 0.557. The van der Waals surface area contributed by atoms with Crippen molar-refractivity contribution in [2.24, 2.45) is 10.9 Å². The highest BCUT2D eigenvalue weighted by atomic mass is 15.3. The van der Waals surface area contributed by atoms with Crippen LogP contribution < -0.4 is 10.2 Å². The molecule has 5 rings (SSSR count). The van der Waals surface area contributed by atoms with Crippen LogP contribution in [0, 0.1) is 5.92 Å². The van der Waals surface area contributed by atoms with Gasteiger partial charge in [-0.1, -0.05) is 42.8 Å². The SMILES string of the molecule is CN1CCN(c2nc(/C=C/c3ccccc3)nc(NC3=NCC(C4CCC4)=C3)n2)CC1. The number of piperazine rings is 1. The van der Waals surface area contributed by atoms with Gasteiger partial charge in [-0.2, -0.15) is 15.0 Å². The van der Waals surface area contributed by atoms with Gasteiger partial charge in [0.2, 0.25) is 11.9 Å². The van der Waals surface area contributed by atoms with E-state index in [2.05, 4.69) is 50.3 Å². The van der Waals surface area contributed by atoms with E-state index in [1.165, 1.54) is 24.8 Å². The number of aromatic nitrogens is 3. The first-order valence-corrected chi connectivity index (χ1v) is 11.2. The second-order valence-corrected chi connectivity index (χ2v) is 8.53. The number of amidine groups is 1. The number of nitrogens with one attached hydrogen (secondary N) is 1. The zero-order chi connectivity index (χ0) is 21.0. The lowest BCUT2D eigenvalue weighted by Crippen LogP contribution is -2.45. The Bertz CT molecular complexity index is 1000. The van der Waals surface area contributed by atoms with Gasteiger partial charge in [-0.15, -0.1) is 0 Å². The van der Waals surface area contributed by atoms with Crippen LogP contribution in [0.5, 0.6) is 0 Å². The van der Waals surface area contributed by atoms with Crippen molar-refractivity contribution in [3.63, 3.8) is 0 Å². The van der Waals surface area contributed by atoms with Crippen molar-refractivity contribution in [1.82, 2.24) is 19.9 Å². The highest BCUT2D eigenvalue weighted by Gasteiger charge is 2.25. The van der Waals surface area contributed by atoms with Gasteiger partial charge in [0.25, 0.3) is 0 Å². The molecule has 1 aromatic carbocycles. The van der Waals surface area contributed by atoms with Gasteiger partial charge in [0, 0.05) is 26.2 Å². The molecule has 0 atom stereocenters. The number of hydrogen-bond acceptors (Lipinski definition) is 7. The highest BCUT2D eigenvalue weighted by Crippen LogP contribution is 2.34. The van der Waals surface area contributed by atoms with Gasteiger partial charge < -0.3 is 15.1 Å². The second kappa shape index (κ2) is 8.98. The van der Waals surface area contributed by atoms with Crippen LogP contribution in [0.1, 0.15) is 30.7 Å². The van der Waals surface area contributed by atoms with Crippen molar-refractivity contribution in [3.8, 4) is 0 Å². The fourth-order valence-corrected chi connectivity index (χ4v) is 4.05. The smallest absolute Gasteiger partial charge is 0.233 e. The first-order valence-electron chi connectivity index (χ1n) is 11.2. The van der Waals surface area contributed by atoms with E-state index in [1.54, 1.807) is 0 Å². The minimum Gasteiger partial charge on any atom is -0.338 e. The Balaban J connectivity index is 1.39. The van der Waals surface area contributed by atoms with E-state index in [9.17, 15) is 0 Å². The molecule has 2 aromatic rings. The Kier molecular flexibility index (Phi) is 5.76.